The van der Waals surface area contributed by atoms with Crippen molar-refractivity contribution in [3.05, 3.63) is 54.4 Å². The van der Waals surface area contributed by atoms with Crippen molar-refractivity contribution in [3.63, 3.8) is 0 Å². The Labute approximate surface area is 168 Å². The molecule has 1 aromatic heterocycles. The van der Waals surface area contributed by atoms with Gasteiger partial charge in [0.1, 0.15) is 0 Å². The van der Waals surface area contributed by atoms with Crippen molar-refractivity contribution in [3.8, 4) is 0 Å². The summed E-state index contributed by atoms with van der Waals surface area (Å²) in [7, 11) is 0. The van der Waals surface area contributed by atoms with Gasteiger partial charge in [0, 0.05) is 32.0 Å². The molecule has 0 saturated carbocycles. The number of carbonyl (C=O) groups excluding carboxylic acids is 1. The van der Waals surface area contributed by atoms with Crippen molar-refractivity contribution in [1.82, 2.24) is 20.2 Å². The number of amides is 1. The van der Waals surface area contributed by atoms with E-state index in [0.29, 0.717) is 19.0 Å². The molecular weight excluding hydrogens is 350 g/mol. The van der Waals surface area contributed by atoms with Crippen molar-refractivity contribution in [2.45, 2.75) is 32.7 Å². The number of aromatic nitrogens is 2. The molecule has 1 saturated heterocycles. The minimum atomic E-state index is -0.0225. The summed E-state index contributed by atoms with van der Waals surface area (Å²) in [6.07, 6.45) is 5.39. The summed E-state index contributed by atoms with van der Waals surface area (Å²) in [4.78, 5) is 26.1. The van der Waals surface area contributed by atoms with E-state index in [4.69, 9.17) is 0 Å². The predicted molar refractivity (Wildman–Crippen MR) is 112 cm³/mol. The molecule has 2 aromatic rings. The number of hydrogen-bond donors (Lipinski definition) is 1. The number of nitrogens with one attached hydrogen (secondary N) is 1. The second-order valence-electron chi connectivity index (χ2n) is 7.23. The summed E-state index contributed by atoms with van der Waals surface area (Å²) < 4.78 is 0. The first-order chi connectivity index (χ1) is 13.7. The zero-order chi connectivity index (χ0) is 19.8. The third kappa shape index (κ3) is 5.07. The molecule has 2 unspecified atom stereocenters. The van der Waals surface area contributed by atoms with Crippen LogP contribution in [0.1, 0.15) is 38.3 Å². The lowest BCUT2D eigenvalue weighted by Gasteiger charge is -2.33. The van der Waals surface area contributed by atoms with Crippen molar-refractivity contribution < 1.29 is 4.79 Å². The topological polar surface area (TPSA) is 61.4 Å². The van der Waals surface area contributed by atoms with Gasteiger partial charge in [0.15, 0.2) is 0 Å². The normalized spacial score (nSPS) is 18.1. The lowest BCUT2D eigenvalue weighted by molar-refractivity contribution is -0.125. The van der Waals surface area contributed by atoms with Crippen LogP contribution in [0.4, 0.5) is 5.95 Å². The number of benzene rings is 1. The molecule has 0 radical (unpaired) electrons. The maximum absolute atomic E-state index is 12.9. The van der Waals surface area contributed by atoms with Gasteiger partial charge in [0.2, 0.25) is 11.9 Å². The van der Waals surface area contributed by atoms with Gasteiger partial charge >= 0.3 is 0 Å². The smallest absolute Gasteiger partial charge is 0.225 e. The first-order valence-corrected chi connectivity index (χ1v) is 10.3. The van der Waals surface area contributed by atoms with E-state index in [9.17, 15) is 4.79 Å². The van der Waals surface area contributed by atoms with Crippen LogP contribution >= 0.6 is 0 Å². The zero-order valence-electron chi connectivity index (χ0n) is 16.9. The van der Waals surface area contributed by atoms with Crippen LogP contribution in [0.2, 0.25) is 0 Å². The third-order valence-electron chi connectivity index (χ3n) is 5.53. The number of rotatable bonds is 8. The Hall–Kier alpha value is -2.47. The summed E-state index contributed by atoms with van der Waals surface area (Å²) in [6, 6.07) is 12.4. The standard InChI is InChI=1S/C22H31N5O/c1-3-26(4-2)20(18-10-6-5-7-11-18)16-25-21(28)19-12-8-15-27(17-19)22-23-13-9-14-24-22/h5-7,9-11,13-14,19-20H,3-4,8,12,15-17H2,1-2H3,(H,25,28). The van der Waals surface area contributed by atoms with Crippen LogP contribution in [0, 0.1) is 5.92 Å². The molecule has 3 rings (SSSR count). The zero-order valence-corrected chi connectivity index (χ0v) is 16.9. The van der Waals surface area contributed by atoms with Gasteiger partial charge in [0.05, 0.1) is 12.0 Å². The fraction of sp³-hybridized carbons (Fsp3) is 0.500. The van der Waals surface area contributed by atoms with Crippen LogP contribution in [0.25, 0.3) is 0 Å². The molecule has 1 aromatic carbocycles. The van der Waals surface area contributed by atoms with Crippen LogP contribution in [-0.4, -0.2) is 53.5 Å². The summed E-state index contributed by atoms with van der Waals surface area (Å²) in [5.41, 5.74) is 1.24. The Bertz CT molecular complexity index is 720. The van der Waals surface area contributed by atoms with Gasteiger partial charge in [-0.2, -0.15) is 0 Å². The van der Waals surface area contributed by atoms with Gasteiger partial charge in [-0.3, -0.25) is 9.69 Å². The Balaban J connectivity index is 1.62. The highest BCUT2D eigenvalue weighted by Crippen LogP contribution is 2.22. The Morgan fingerprint density at radius 3 is 2.57 bits per heavy atom. The lowest BCUT2D eigenvalue weighted by atomic mass is 9.97. The predicted octanol–water partition coefficient (Wildman–Crippen LogP) is 2.89. The molecule has 6 heteroatoms. The van der Waals surface area contributed by atoms with Gasteiger partial charge in [-0.25, -0.2) is 9.97 Å². The Morgan fingerprint density at radius 2 is 1.89 bits per heavy atom. The number of piperidine rings is 1. The minimum absolute atomic E-state index is 0.0225. The van der Waals surface area contributed by atoms with E-state index in [0.717, 1.165) is 32.5 Å². The average molecular weight is 382 g/mol. The van der Waals surface area contributed by atoms with Crippen molar-refractivity contribution in [2.75, 3.05) is 37.6 Å². The van der Waals surface area contributed by atoms with Crippen LogP contribution in [0.3, 0.4) is 0 Å². The monoisotopic (exact) mass is 381 g/mol. The Kier molecular flexibility index (Phi) is 7.37. The second-order valence-corrected chi connectivity index (χ2v) is 7.23. The van der Waals surface area contributed by atoms with E-state index in [1.807, 2.05) is 12.1 Å². The number of anilines is 1. The maximum atomic E-state index is 12.9. The highest BCUT2D eigenvalue weighted by Gasteiger charge is 2.28. The molecule has 1 fully saturated rings. The maximum Gasteiger partial charge on any atom is 0.225 e. The van der Waals surface area contributed by atoms with Crippen molar-refractivity contribution in [2.24, 2.45) is 5.92 Å². The number of carbonyl (C=O) groups is 1. The molecule has 28 heavy (non-hydrogen) atoms. The van der Waals surface area contributed by atoms with Crippen LogP contribution < -0.4 is 10.2 Å². The van der Waals surface area contributed by atoms with Gasteiger partial charge in [-0.15, -0.1) is 0 Å². The molecule has 0 bridgehead atoms. The summed E-state index contributed by atoms with van der Waals surface area (Å²) in [5, 5.41) is 3.22. The summed E-state index contributed by atoms with van der Waals surface area (Å²) in [5.74, 6) is 0.824. The van der Waals surface area contributed by atoms with Gasteiger partial charge in [0.25, 0.3) is 0 Å². The van der Waals surface area contributed by atoms with E-state index in [-0.39, 0.29) is 17.9 Å². The quantitative estimate of drug-likeness (QED) is 0.762. The van der Waals surface area contributed by atoms with E-state index in [2.05, 4.69) is 63.2 Å². The lowest BCUT2D eigenvalue weighted by Crippen LogP contribution is -2.46. The number of hydrogen-bond acceptors (Lipinski definition) is 5. The van der Waals surface area contributed by atoms with Crippen LogP contribution in [0.15, 0.2) is 48.8 Å². The largest absolute Gasteiger partial charge is 0.354 e. The number of likely N-dealkylation sites (N-methyl/N-ethyl adjacent to an activating group) is 1. The molecule has 6 nitrogen and oxygen atoms in total. The van der Waals surface area contributed by atoms with E-state index in [1.54, 1.807) is 12.4 Å². The highest BCUT2D eigenvalue weighted by atomic mass is 16.1. The molecular formula is C22H31N5O. The minimum Gasteiger partial charge on any atom is -0.354 e. The fourth-order valence-electron chi connectivity index (χ4n) is 3.97. The van der Waals surface area contributed by atoms with Gasteiger partial charge < -0.3 is 10.2 Å². The molecule has 2 heterocycles. The first-order valence-electron chi connectivity index (χ1n) is 10.3. The summed E-state index contributed by atoms with van der Waals surface area (Å²) >= 11 is 0. The molecule has 1 N–H and O–H groups in total. The van der Waals surface area contributed by atoms with Gasteiger partial charge in [-0.1, -0.05) is 44.2 Å². The van der Waals surface area contributed by atoms with E-state index in [1.165, 1.54) is 5.56 Å². The average Bonchev–Trinajstić information content (AvgIpc) is 2.77. The summed E-state index contributed by atoms with van der Waals surface area (Å²) in [6.45, 7) is 8.45. The molecule has 2 atom stereocenters. The van der Waals surface area contributed by atoms with Crippen LogP contribution in [-0.2, 0) is 4.79 Å². The number of nitrogens with zero attached hydrogens (tertiary/aromatic N) is 4. The van der Waals surface area contributed by atoms with E-state index < -0.39 is 0 Å². The SMILES string of the molecule is CCN(CC)C(CNC(=O)C1CCCN(c2ncccn2)C1)c1ccccc1. The second kappa shape index (κ2) is 10.2. The first kappa shape index (κ1) is 20.3. The highest BCUT2D eigenvalue weighted by molar-refractivity contribution is 5.79. The van der Waals surface area contributed by atoms with Crippen molar-refractivity contribution in [1.29, 1.82) is 0 Å². The molecule has 1 amide bonds. The third-order valence-corrected chi connectivity index (χ3v) is 5.53. The fourth-order valence-corrected chi connectivity index (χ4v) is 3.97. The molecule has 0 spiro atoms. The van der Waals surface area contributed by atoms with Gasteiger partial charge in [-0.05, 0) is 37.6 Å². The van der Waals surface area contributed by atoms with E-state index >= 15 is 0 Å². The van der Waals surface area contributed by atoms with Crippen LogP contribution in [0.5, 0.6) is 0 Å². The van der Waals surface area contributed by atoms with Crippen molar-refractivity contribution >= 4 is 11.9 Å². The molecule has 150 valence electrons. The molecule has 1 aliphatic heterocycles. The molecule has 0 aliphatic carbocycles. The Morgan fingerprint density at radius 1 is 1.18 bits per heavy atom. The molecule has 1 aliphatic rings.